The minimum absolute atomic E-state index is 0.100. The van der Waals surface area contributed by atoms with Crippen LogP contribution in [0.1, 0.15) is 29.3 Å². The van der Waals surface area contributed by atoms with Crippen molar-refractivity contribution in [3.05, 3.63) is 53.6 Å². The number of hydrogen-bond acceptors (Lipinski definition) is 7. The number of carbonyl (C=O) groups is 2. The maximum Gasteiger partial charge on any atom is 0.490 e. The van der Waals surface area contributed by atoms with Gasteiger partial charge in [-0.3, -0.25) is 9.52 Å². The summed E-state index contributed by atoms with van der Waals surface area (Å²) < 4.78 is 65.8. The zero-order valence-corrected chi connectivity index (χ0v) is 22.9. The number of nitrogens with zero attached hydrogens (tertiary/aromatic N) is 2. The molecule has 2 aromatic rings. The summed E-state index contributed by atoms with van der Waals surface area (Å²) >= 11 is 0. The Kier molecular flexibility index (Phi) is 10.8. The van der Waals surface area contributed by atoms with E-state index < -0.39 is 22.2 Å². The number of anilines is 2. The first-order chi connectivity index (χ1) is 18.9. The zero-order chi connectivity index (χ0) is 29.3. The summed E-state index contributed by atoms with van der Waals surface area (Å²) in [5.74, 6) is -2.86. The topological polar surface area (TPSA) is 128 Å². The predicted octanol–water partition coefficient (Wildman–Crippen LogP) is 2.96. The molecule has 2 heterocycles. The maximum absolute atomic E-state index is 13.4. The lowest BCUT2D eigenvalue weighted by Crippen LogP contribution is -2.45. The van der Waals surface area contributed by atoms with Gasteiger partial charge in [0, 0.05) is 50.6 Å². The number of aliphatic carboxylic acids is 1. The van der Waals surface area contributed by atoms with Crippen molar-refractivity contribution in [3.8, 4) is 0 Å². The molecule has 10 nitrogen and oxygen atoms in total. The smallest absolute Gasteiger partial charge is 0.475 e. The van der Waals surface area contributed by atoms with Crippen molar-refractivity contribution in [2.24, 2.45) is 0 Å². The molecule has 0 saturated carbocycles. The van der Waals surface area contributed by atoms with E-state index in [4.69, 9.17) is 14.6 Å². The van der Waals surface area contributed by atoms with Crippen LogP contribution in [0.15, 0.2) is 47.4 Å². The highest BCUT2D eigenvalue weighted by molar-refractivity contribution is 7.92. The first kappa shape index (κ1) is 31.2. The van der Waals surface area contributed by atoms with Gasteiger partial charge in [0.15, 0.2) is 0 Å². The number of carboxylic acid groups (broad SMARTS) is 1. The second-order valence-electron chi connectivity index (χ2n) is 9.18. The first-order valence-electron chi connectivity index (χ1n) is 12.8. The fourth-order valence-corrected chi connectivity index (χ4v) is 5.28. The van der Waals surface area contributed by atoms with Crippen molar-refractivity contribution in [1.82, 2.24) is 10.2 Å². The third-order valence-electron chi connectivity index (χ3n) is 6.25. The zero-order valence-electron chi connectivity index (χ0n) is 22.0. The molecule has 2 aliphatic heterocycles. The Morgan fingerprint density at radius 2 is 1.62 bits per heavy atom. The van der Waals surface area contributed by atoms with Crippen LogP contribution in [0, 0.1) is 0 Å². The van der Waals surface area contributed by atoms with Crippen molar-refractivity contribution in [2.75, 3.05) is 62.1 Å². The average molecular weight is 587 g/mol. The van der Waals surface area contributed by atoms with E-state index in [0.29, 0.717) is 37.6 Å². The highest BCUT2D eigenvalue weighted by Crippen LogP contribution is 2.28. The number of halogens is 3. The molecule has 4 rings (SSSR count). The molecule has 0 atom stereocenters. The van der Waals surface area contributed by atoms with Gasteiger partial charge in [-0.05, 0) is 42.3 Å². The SMILES string of the molecule is CCCc1ccc(S(=O)(=O)Nc2ccc(N3CCNCC3)c(C(=O)N3CCOCC3)c2)cc1.O=C(O)C(F)(F)F. The number of rotatable bonds is 7. The summed E-state index contributed by atoms with van der Waals surface area (Å²) in [6.07, 6.45) is -3.17. The molecule has 2 aromatic carbocycles. The Hall–Kier alpha value is -3.36. The molecule has 0 aromatic heterocycles. The molecule has 0 aliphatic carbocycles. The highest BCUT2D eigenvalue weighted by Gasteiger charge is 2.38. The summed E-state index contributed by atoms with van der Waals surface area (Å²) in [6, 6.07) is 12.2. The number of nitrogens with one attached hydrogen (secondary N) is 2. The van der Waals surface area contributed by atoms with Gasteiger partial charge in [-0.25, -0.2) is 13.2 Å². The van der Waals surface area contributed by atoms with Crippen LogP contribution in [0.2, 0.25) is 0 Å². The number of carboxylic acids is 1. The Morgan fingerprint density at radius 3 is 2.17 bits per heavy atom. The van der Waals surface area contributed by atoms with Gasteiger partial charge in [0.1, 0.15) is 0 Å². The summed E-state index contributed by atoms with van der Waals surface area (Å²) in [5, 5.41) is 10.4. The monoisotopic (exact) mass is 586 g/mol. The van der Waals surface area contributed by atoms with Crippen LogP contribution in [0.4, 0.5) is 24.5 Å². The number of morpholine rings is 1. The van der Waals surface area contributed by atoms with Gasteiger partial charge in [0.25, 0.3) is 15.9 Å². The first-order valence-corrected chi connectivity index (χ1v) is 14.3. The number of alkyl halides is 3. The molecule has 2 aliphatic rings. The average Bonchev–Trinajstić information content (AvgIpc) is 2.94. The minimum Gasteiger partial charge on any atom is -0.475 e. The van der Waals surface area contributed by atoms with Crippen LogP contribution in [-0.2, 0) is 26.0 Å². The van der Waals surface area contributed by atoms with E-state index in [-0.39, 0.29) is 10.8 Å². The number of carbonyl (C=O) groups excluding carboxylic acids is 1. The van der Waals surface area contributed by atoms with Crippen LogP contribution in [-0.4, -0.2) is 89.0 Å². The lowest BCUT2D eigenvalue weighted by molar-refractivity contribution is -0.192. The molecule has 220 valence electrons. The second kappa shape index (κ2) is 13.8. The number of ether oxygens (including phenoxy) is 1. The van der Waals surface area contributed by atoms with E-state index >= 15 is 0 Å². The fraction of sp³-hybridized carbons (Fsp3) is 0.462. The Morgan fingerprint density at radius 1 is 1.02 bits per heavy atom. The number of benzene rings is 2. The van der Waals surface area contributed by atoms with Crippen LogP contribution in [0.3, 0.4) is 0 Å². The summed E-state index contributed by atoms with van der Waals surface area (Å²) in [5.41, 5.74) is 2.83. The molecule has 0 bridgehead atoms. The van der Waals surface area contributed by atoms with Crippen LogP contribution < -0.4 is 14.9 Å². The van der Waals surface area contributed by atoms with Crippen molar-refractivity contribution < 1.29 is 41.0 Å². The third-order valence-corrected chi connectivity index (χ3v) is 7.65. The number of aryl methyl sites for hydroxylation is 1. The standard InChI is InChI=1S/C24H32N4O4S.C2HF3O2/c1-2-3-19-4-7-21(8-5-19)33(30,31)26-20-6-9-23(27-12-10-25-11-13-27)22(18-20)24(29)28-14-16-32-17-15-28;3-2(4,5)1(6)7/h4-9,18,25-26H,2-3,10-17H2,1H3;(H,6,7). The second-order valence-corrected chi connectivity index (χ2v) is 10.9. The van der Waals surface area contributed by atoms with E-state index in [9.17, 15) is 26.4 Å². The van der Waals surface area contributed by atoms with Crippen molar-refractivity contribution in [3.63, 3.8) is 0 Å². The molecule has 1 amide bonds. The highest BCUT2D eigenvalue weighted by atomic mass is 32.2. The summed E-state index contributed by atoms with van der Waals surface area (Å²) in [4.78, 5) is 26.4. The van der Waals surface area contributed by atoms with E-state index in [1.54, 1.807) is 29.2 Å². The van der Waals surface area contributed by atoms with Gasteiger partial charge in [0.2, 0.25) is 0 Å². The van der Waals surface area contributed by atoms with Gasteiger partial charge >= 0.3 is 12.1 Å². The molecular weight excluding hydrogens is 553 g/mol. The van der Waals surface area contributed by atoms with Gasteiger partial charge in [-0.15, -0.1) is 0 Å². The van der Waals surface area contributed by atoms with Crippen molar-refractivity contribution >= 4 is 33.3 Å². The number of amides is 1. The summed E-state index contributed by atoms with van der Waals surface area (Å²) in [7, 11) is -3.77. The lowest BCUT2D eigenvalue weighted by atomic mass is 10.1. The third kappa shape index (κ3) is 8.57. The molecule has 14 heteroatoms. The lowest BCUT2D eigenvalue weighted by Gasteiger charge is -2.33. The maximum atomic E-state index is 13.4. The Balaban J connectivity index is 0.000000559. The van der Waals surface area contributed by atoms with Crippen LogP contribution in [0.25, 0.3) is 0 Å². The van der Waals surface area contributed by atoms with Crippen molar-refractivity contribution in [1.29, 1.82) is 0 Å². The minimum atomic E-state index is -5.08. The van der Waals surface area contributed by atoms with E-state index in [1.807, 2.05) is 18.2 Å². The van der Waals surface area contributed by atoms with Gasteiger partial charge in [-0.2, -0.15) is 13.2 Å². The molecule has 0 spiro atoms. The normalized spacial score (nSPS) is 16.1. The van der Waals surface area contributed by atoms with E-state index in [0.717, 1.165) is 50.3 Å². The molecule has 2 fully saturated rings. The van der Waals surface area contributed by atoms with E-state index in [2.05, 4.69) is 21.9 Å². The van der Waals surface area contributed by atoms with Gasteiger partial charge in [0.05, 0.1) is 23.7 Å². The number of hydrogen-bond donors (Lipinski definition) is 3. The van der Waals surface area contributed by atoms with Crippen LogP contribution >= 0.6 is 0 Å². The molecule has 2 saturated heterocycles. The van der Waals surface area contributed by atoms with Gasteiger partial charge in [-0.1, -0.05) is 25.5 Å². The van der Waals surface area contributed by atoms with Crippen LogP contribution in [0.5, 0.6) is 0 Å². The largest absolute Gasteiger partial charge is 0.490 e. The molecular formula is C26H33F3N4O6S. The Labute approximate surface area is 231 Å². The van der Waals surface area contributed by atoms with Gasteiger partial charge < -0.3 is 25.0 Å². The van der Waals surface area contributed by atoms with Crippen molar-refractivity contribution in [2.45, 2.75) is 30.8 Å². The Bertz CT molecular complexity index is 1260. The molecule has 3 N–H and O–H groups in total. The fourth-order valence-electron chi connectivity index (χ4n) is 4.23. The molecule has 0 unspecified atom stereocenters. The molecule has 40 heavy (non-hydrogen) atoms. The predicted molar refractivity (Wildman–Crippen MR) is 143 cm³/mol. The van der Waals surface area contributed by atoms with E-state index in [1.165, 1.54) is 0 Å². The number of sulfonamides is 1. The summed E-state index contributed by atoms with van der Waals surface area (Å²) in [6.45, 7) is 7.42. The number of piperazine rings is 1. The molecule has 0 radical (unpaired) electrons. The quantitative estimate of drug-likeness (QED) is 0.452.